The maximum atomic E-state index is 14.5. The summed E-state index contributed by atoms with van der Waals surface area (Å²) in [4.78, 5) is 0. The normalized spacial score (nSPS) is 13.5. The number of hydrogen-bond donors (Lipinski definition) is 0. The van der Waals surface area contributed by atoms with E-state index in [1.807, 2.05) is 48.5 Å². The van der Waals surface area contributed by atoms with Crippen LogP contribution in [0.25, 0.3) is 56.5 Å². The van der Waals surface area contributed by atoms with Gasteiger partial charge in [-0.15, -0.1) is 0 Å². The summed E-state index contributed by atoms with van der Waals surface area (Å²) in [5, 5.41) is 14.5. The van der Waals surface area contributed by atoms with Crippen molar-refractivity contribution >= 4 is 49.3 Å². The Morgan fingerprint density at radius 1 is 0.547 bits per heavy atom. The monoisotopic (exact) mass is 815 g/mol. The van der Waals surface area contributed by atoms with Crippen molar-refractivity contribution in [1.29, 1.82) is 0 Å². The third-order valence-electron chi connectivity index (χ3n) is 10.3. The summed E-state index contributed by atoms with van der Waals surface area (Å²) in [6, 6.07) is 54.5. The molecule has 0 saturated heterocycles. The quantitative estimate of drug-likeness (QED) is 0.147. The molecule has 7 aromatic rings. The molecular weight excluding hydrogens is 780 g/mol. The fraction of sp³-hybridized carbons (Fsp3) is 0.0833. The van der Waals surface area contributed by atoms with Gasteiger partial charge in [0.15, 0.2) is 5.71 Å². The summed E-state index contributed by atoms with van der Waals surface area (Å²) in [6.07, 6.45) is 4.14. The van der Waals surface area contributed by atoms with Gasteiger partial charge in [0.05, 0.1) is 5.41 Å². The summed E-state index contributed by atoms with van der Waals surface area (Å²) in [5.74, 6) is -0.00957. The van der Waals surface area contributed by atoms with Gasteiger partial charge < -0.3 is 5.11 Å². The molecule has 8 rings (SSSR count). The number of pyridine rings is 1. The molecule has 53 heavy (non-hydrogen) atoms. The Morgan fingerprint density at radius 3 is 1.64 bits per heavy atom. The van der Waals surface area contributed by atoms with Crippen LogP contribution in [0.1, 0.15) is 25.0 Å². The van der Waals surface area contributed by atoms with Gasteiger partial charge in [-0.3, -0.25) is 0 Å². The van der Waals surface area contributed by atoms with Crippen LogP contribution < -0.4 is 9.67 Å². The average molecular weight is 818 g/mol. The first kappa shape index (κ1) is 34.7. The van der Waals surface area contributed by atoms with Crippen LogP contribution in [0.5, 0.6) is 5.75 Å². The first-order chi connectivity index (χ1) is 25.7. The van der Waals surface area contributed by atoms with Gasteiger partial charge >= 0.3 is 0 Å². The third-order valence-corrected chi connectivity index (χ3v) is 11.3. The fourth-order valence-corrected chi connectivity index (χ4v) is 8.06. The van der Waals surface area contributed by atoms with Crippen molar-refractivity contribution in [2.24, 2.45) is 0 Å². The third kappa shape index (κ3) is 6.60. The second kappa shape index (κ2) is 14.2. The molecule has 0 saturated carbocycles. The maximum absolute atomic E-state index is 14.5. The Bertz CT molecular complexity index is 2470. The van der Waals surface area contributed by atoms with E-state index in [-0.39, 0.29) is 11.2 Å². The van der Waals surface area contributed by atoms with Crippen LogP contribution in [0.3, 0.4) is 0 Å². The standard InChI is InChI=1S/C48H37Br2N2O/c1-48(2)42-16-10-11-17-43(42)51(3)46(48)27-22-36-28-40(31-41(47(36)53)33-14-8-5-9-15-33)52-44(34-18-23-38(49)24-19-34)29-37(32-12-6-4-7-13-32)30-45(52)35-20-25-39(50)26-21-35/h4-31H,1-3H3/q+1. The Morgan fingerprint density at radius 2 is 1.08 bits per heavy atom. The Labute approximate surface area is 328 Å². The van der Waals surface area contributed by atoms with E-state index in [0.717, 1.165) is 59.5 Å². The molecule has 2 heterocycles. The largest absolute Gasteiger partial charge is 0.872 e. The van der Waals surface area contributed by atoms with E-state index in [9.17, 15) is 5.11 Å². The van der Waals surface area contributed by atoms with Crippen LogP contribution in [0.15, 0.2) is 173 Å². The van der Waals surface area contributed by atoms with Crippen LogP contribution in [-0.2, 0) is 5.41 Å². The molecular formula is C48H37Br2N2O+. The highest BCUT2D eigenvalue weighted by molar-refractivity contribution is 9.10. The van der Waals surface area contributed by atoms with Gasteiger partial charge in [-0.1, -0.05) is 116 Å². The molecule has 258 valence electrons. The van der Waals surface area contributed by atoms with E-state index in [4.69, 9.17) is 0 Å². The van der Waals surface area contributed by atoms with Crippen LogP contribution in [0.4, 0.5) is 5.69 Å². The smallest absolute Gasteiger partial charge is 0.219 e. The van der Waals surface area contributed by atoms with Crippen molar-refractivity contribution < 1.29 is 14.2 Å². The molecule has 5 heteroatoms. The molecule has 1 aliphatic rings. The lowest BCUT2D eigenvalue weighted by Gasteiger charge is -2.20. The van der Waals surface area contributed by atoms with Gasteiger partial charge in [0.2, 0.25) is 22.8 Å². The zero-order valence-corrected chi connectivity index (χ0v) is 32.9. The van der Waals surface area contributed by atoms with Crippen molar-refractivity contribution in [1.82, 2.24) is 0 Å². The number of aromatic nitrogens is 1. The number of nitrogens with zero attached hydrogens (tertiary/aromatic N) is 2. The van der Waals surface area contributed by atoms with Crippen LogP contribution in [0, 0.1) is 0 Å². The first-order valence-electron chi connectivity index (χ1n) is 17.7. The minimum atomic E-state index is -0.226. The lowest BCUT2D eigenvalue weighted by molar-refractivity contribution is -0.572. The van der Waals surface area contributed by atoms with Gasteiger partial charge in [-0.05, 0) is 96.3 Å². The van der Waals surface area contributed by atoms with Crippen LogP contribution in [-0.4, -0.2) is 17.3 Å². The van der Waals surface area contributed by atoms with Crippen molar-refractivity contribution in [3.63, 3.8) is 0 Å². The summed E-state index contributed by atoms with van der Waals surface area (Å²) in [5.41, 5.74) is 12.8. The highest BCUT2D eigenvalue weighted by Gasteiger charge is 2.42. The predicted molar refractivity (Wildman–Crippen MR) is 224 cm³/mol. The van der Waals surface area contributed by atoms with Gasteiger partial charge in [-0.25, -0.2) is 0 Å². The molecule has 0 atom stereocenters. The first-order valence-corrected chi connectivity index (χ1v) is 19.2. The second-order valence-corrected chi connectivity index (χ2v) is 15.8. The van der Waals surface area contributed by atoms with E-state index in [1.54, 1.807) is 0 Å². The van der Waals surface area contributed by atoms with E-state index < -0.39 is 0 Å². The SMILES string of the molecule is C[N+]1=C(/C=C\c2cc(-[n+]3c(-c4ccc(Br)cc4)cc(-c4ccccc4)cc3-c3ccc(Br)cc3)cc(-c3ccccc3)c2[O-])C(C)(C)c2ccccc21. The predicted octanol–water partition coefficient (Wildman–Crippen LogP) is 11.9. The highest BCUT2D eigenvalue weighted by Crippen LogP contribution is 2.40. The van der Waals surface area contributed by atoms with E-state index in [0.29, 0.717) is 11.1 Å². The minimum Gasteiger partial charge on any atom is -0.872 e. The zero-order chi connectivity index (χ0) is 36.7. The molecule has 0 spiro atoms. The summed E-state index contributed by atoms with van der Waals surface area (Å²) < 4.78 is 6.56. The lowest BCUT2D eigenvalue weighted by atomic mass is 9.81. The van der Waals surface area contributed by atoms with Crippen molar-refractivity contribution in [3.8, 4) is 56.2 Å². The van der Waals surface area contributed by atoms with Crippen molar-refractivity contribution in [2.75, 3.05) is 7.05 Å². The van der Waals surface area contributed by atoms with E-state index >= 15 is 0 Å². The number of para-hydroxylation sites is 1. The van der Waals surface area contributed by atoms with Crippen LogP contribution >= 0.6 is 31.9 Å². The molecule has 0 N–H and O–H groups in total. The molecule has 0 unspecified atom stereocenters. The Balaban J connectivity index is 1.42. The summed E-state index contributed by atoms with van der Waals surface area (Å²) in [6.45, 7) is 4.50. The summed E-state index contributed by atoms with van der Waals surface area (Å²) in [7, 11) is 2.11. The second-order valence-electron chi connectivity index (χ2n) is 13.9. The molecule has 0 bridgehead atoms. The number of allylic oxidation sites excluding steroid dienone is 1. The topological polar surface area (TPSA) is 29.9 Å². The molecule has 0 fully saturated rings. The molecule has 0 aliphatic carbocycles. The number of halogens is 2. The molecule has 3 nitrogen and oxygen atoms in total. The van der Waals surface area contributed by atoms with Crippen LogP contribution in [0.2, 0.25) is 0 Å². The minimum absolute atomic E-state index is 0.00957. The zero-order valence-electron chi connectivity index (χ0n) is 29.7. The molecule has 0 radical (unpaired) electrons. The van der Waals surface area contributed by atoms with Gasteiger partial charge in [0.1, 0.15) is 7.05 Å². The van der Waals surface area contributed by atoms with Gasteiger partial charge in [0.25, 0.3) is 0 Å². The Hall–Kier alpha value is -5.36. The number of fused-ring (bicyclic) bond motifs is 1. The van der Waals surface area contributed by atoms with Crippen molar-refractivity contribution in [2.45, 2.75) is 19.3 Å². The molecule has 6 aromatic carbocycles. The summed E-state index contributed by atoms with van der Waals surface area (Å²) >= 11 is 7.30. The number of hydrogen-bond acceptors (Lipinski definition) is 1. The van der Waals surface area contributed by atoms with E-state index in [2.05, 4.69) is 183 Å². The number of rotatable bonds is 7. The van der Waals surface area contributed by atoms with Gasteiger partial charge in [0, 0.05) is 62.0 Å². The van der Waals surface area contributed by atoms with E-state index in [1.165, 1.54) is 11.3 Å². The molecule has 1 aromatic heterocycles. The number of benzene rings is 6. The lowest BCUT2D eigenvalue weighted by Crippen LogP contribution is -2.36. The highest BCUT2D eigenvalue weighted by atomic mass is 79.9. The molecule has 1 aliphatic heterocycles. The Kier molecular flexibility index (Phi) is 9.32. The van der Waals surface area contributed by atoms with Gasteiger partial charge in [-0.2, -0.15) is 9.14 Å². The fourth-order valence-electron chi connectivity index (χ4n) is 7.53. The average Bonchev–Trinajstić information content (AvgIpc) is 3.38. The maximum Gasteiger partial charge on any atom is 0.219 e. The van der Waals surface area contributed by atoms with Crippen molar-refractivity contribution in [3.05, 3.63) is 184 Å². The molecule has 0 amide bonds.